The van der Waals surface area contributed by atoms with E-state index in [1.807, 2.05) is 13.8 Å². The molecular formula is C10H23N3. The van der Waals surface area contributed by atoms with Gasteiger partial charge in [0.1, 0.15) is 0 Å². The van der Waals surface area contributed by atoms with Crippen LogP contribution in [0.2, 0.25) is 0 Å². The van der Waals surface area contributed by atoms with Crippen LogP contribution in [0.25, 0.3) is 0 Å². The molecule has 0 atom stereocenters. The molecule has 0 aliphatic heterocycles. The normalized spacial score (nSPS) is 12.1. The zero-order chi connectivity index (χ0) is 10.5. The van der Waals surface area contributed by atoms with E-state index in [1.54, 1.807) is 0 Å². The second-order valence-electron chi connectivity index (χ2n) is 4.35. The highest BCUT2D eigenvalue weighted by Gasteiger charge is 2.21. The van der Waals surface area contributed by atoms with Gasteiger partial charge >= 0.3 is 0 Å². The van der Waals surface area contributed by atoms with Crippen LogP contribution in [0.4, 0.5) is 0 Å². The third-order valence-electron chi connectivity index (χ3n) is 2.45. The Morgan fingerprint density at radius 3 is 2.31 bits per heavy atom. The van der Waals surface area contributed by atoms with Crippen molar-refractivity contribution in [1.29, 1.82) is 5.41 Å². The Morgan fingerprint density at radius 1 is 1.38 bits per heavy atom. The summed E-state index contributed by atoms with van der Waals surface area (Å²) in [7, 11) is 2.11. The Kier molecular flexibility index (Phi) is 4.99. The Bertz CT molecular complexity index is 164. The van der Waals surface area contributed by atoms with Crippen molar-refractivity contribution in [2.24, 2.45) is 11.1 Å². The molecular weight excluding hydrogens is 162 g/mol. The molecule has 0 aliphatic rings. The van der Waals surface area contributed by atoms with Crippen molar-refractivity contribution < 1.29 is 0 Å². The van der Waals surface area contributed by atoms with Gasteiger partial charge in [-0.1, -0.05) is 20.8 Å². The summed E-state index contributed by atoms with van der Waals surface area (Å²) in [5, 5.41) is 7.40. The van der Waals surface area contributed by atoms with Gasteiger partial charge in [-0.2, -0.15) is 0 Å². The molecule has 0 saturated carbocycles. The summed E-state index contributed by atoms with van der Waals surface area (Å²) in [6.45, 7) is 8.35. The van der Waals surface area contributed by atoms with E-state index >= 15 is 0 Å². The molecule has 0 spiro atoms. The Labute approximate surface area is 81.8 Å². The van der Waals surface area contributed by atoms with Crippen molar-refractivity contribution in [3.05, 3.63) is 0 Å². The quantitative estimate of drug-likeness (QED) is 0.488. The zero-order valence-electron chi connectivity index (χ0n) is 9.35. The predicted molar refractivity (Wildman–Crippen MR) is 58.1 cm³/mol. The number of nitrogens with two attached hydrogens (primary N) is 1. The van der Waals surface area contributed by atoms with Crippen molar-refractivity contribution in [1.82, 2.24) is 4.90 Å². The molecule has 0 fully saturated rings. The molecule has 0 unspecified atom stereocenters. The van der Waals surface area contributed by atoms with E-state index in [-0.39, 0.29) is 11.3 Å². The lowest BCUT2D eigenvalue weighted by Gasteiger charge is -2.26. The van der Waals surface area contributed by atoms with Crippen LogP contribution in [-0.2, 0) is 0 Å². The van der Waals surface area contributed by atoms with Gasteiger partial charge in [-0.3, -0.25) is 5.41 Å². The van der Waals surface area contributed by atoms with Crippen LogP contribution in [0.1, 0.15) is 33.6 Å². The third-order valence-corrected chi connectivity index (χ3v) is 2.45. The average molecular weight is 185 g/mol. The smallest absolute Gasteiger partial charge is 0.0963 e. The second-order valence-corrected chi connectivity index (χ2v) is 4.35. The molecule has 13 heavy (non-hydrogen) atoms. The standard InChI is InChI=1S/C10H23N3/c1-5-7-13(4)8-6-10(2,3)9(11)12/h5-8H2,1-4H3,(H3,11,12). The lowest BCUT2D eigenvalue weighted by Crippen LogP contribution is -2.34. The molecule has 0 aromatic rings. The van der Waals surface area contributed by atoms with Crippen LogP contribution in [-0.4, -0.2) is 30.9 Å². The van der Waals surface area contributed by atoms with Crippen molar-refractivity contribution >= 4 is 5.84 Å². The molecule has 0 rings (SSSR count). The van der Waals surface area contributed by atoms with Crippen LogP contribution in [0.5, 0.6) is 0 Å². The maximum Gasteiger partial charge on any atom is 0.0963 e. The summed E-state index contributed by atoms with van der Waals surface area (Å²) in [6, 6.07) is 0. The van der Waals surface area contributed by atoms with Gasteiger partial charge in [0.25, 0.3) is 0 Å². The minimum Gasteiger partial charge on any atom is -0.387 e. The summed E-state index contributed by atoms with van der Waals surface area (Å²) < 4.78 is 0. The number of nitrogens with zero attached hydrogens (tertiary/aromatic N) is 1. The van der Waals surface area contributed by atoms with Gasteiger partial charge < -0.3 is 10.6 Å². The SMILES string of the molecule is CCCN(C)CCC(C)(C)C(=N)N. The van der Waals surface area contributed by atoms with Crippen molar-refractivity contribution in [3.63, 3.8) is 0 Å². The second kappa shape index (κ2) is 5.22. The summed E-state index contributed by atoms with van der Waals surface area (Å²) in [5.74, 6) is 0.289. The van der Waals surface area contributed by atoms with Gasteiger partial charge in [-0.25, -0.2) is 0 Å². The lowest BCUT2D eigenvalue weighted by atomic mass is 9.88. The molecule has 3 nitrogen and oxygen atoms in total. The minimum atomic E-state index is -0.151. The largest absolute Gasteiger partial charge is 0.387 e. The first-order chi connectivity index (χ1) is 5.90. The van der Waals surface area contributed by atoms with Crippen LogP contribution in [0, 0.1) is 10.8 Å². The van der Waals surface area contributed by atoms with Gasteiger partial charge in [0.2, 0.25) is 0 Å². The van der Waals surface area contributed by atoms with Gasteiger partial charge in [-0.15, -0.1) is 0 Å². The van der Waals surface area contributed by atoms with E-state index in [4.69, 9.17) is 11.1 Å². The third kappa shape index (κ3) is 4.88. The monoisotopic (exact) mass is 185 g/mol. The van der Waals surface area contributed by atoms with Gasteiger partial charge in [0.05, 0.1) is 5.84 Å². The van der Waals surface area contributed by atoms with E-state index in [0.717, 1.165) is 19.5 Å². The highest BCUT2D eigenvalue weighted by atomic mass is 15.1. The Balaban J connectivity index is 3.80. The molecule has 3 N–H and O–H groups in total. The van der Waals surface area contributed by atoms with E-state index in [1.165, 1.54) is 6.42 Å². The fraction of sp³-hybridized carbons (Fsp3) is 0.900. The van der Waals surface area contributed by atoms with Crippen molar-refractivity contribution in [2.45, 2.75) is 33.6 Å². The van der Waals surface area contributed by atoms with E-state index in [0.29, 0.717) is 0 Å². The number of hydrogen-bond donors (Lipinski definition) is 2. The molecule has 0 bridgehead atoms. The van der Waals surface area contributed by atoms with Gasteiger partial charge in [-0.05, 0) is 33.0 Å². The highest BCUT2D eigenvalue weighted by molar-refractivity contribution is 5.82. The number of amidine groups is 1. The maximum atomic E-state index is 7.40. The van der Waals surface area contributed by atoms with Crippen LogP contribution < -0.4 is 5.73 Å². The first-order valence-electron chi connectivity index (χ1n) is 4.93. The summed E-state index contributed by atoms with van der Waals surface area (Å²) in [6.07, 6.45) is 2.13. The van der Waals surface area contributed by atoms with Crippen LogP contribution in [0.3, 0.4) is 0 Å². The molecule has 0 aromatic heterocycles. The summed E-state index contributed by atoms with van der Waals surface area (Å²) in [4.78, 5) is 2.28. The molecule has 0 aromatic carbocycles. The molecule has 3 heteroatoms. The van der Waals surface area contributed by atoms with Gasteiger partial charge in [0.15, 0.2) is 0 Å². The fourth-order valence-electron chi connectivity index (χ4n) is 1.10. The average Bonchev–Trinajstić information content (AvgIpc) is 2.01. The molecule has 0 amide bonds. The Hall–Kier alpha value is -0.570. The van der Waals surface area contributed by atoms with Crippen molar-refractivity contribution in [3.8, 4) is 0 Å². The number of hydrogen-bond acceptors (Lipinski definition) is 2. The zero-order valence-corrected chi connectivity index (χ0v) is 9.35. The minimum absolute atomic E-state index is 0.151. The molecule has 0 radical (unpaired) electrons. The first kappa shape index (κ1) is 12.4. The topological polar surface area (TPSA) is 53.1 Å². The summed E-state index contributed by atoms with van der Waals surface area (Å²) >= 11 is 0. The van der Waals surface area contributed by atoms with Crippen LogP contribution in [0.15, 0.2) is 0 Å². The van der Waals surface area contributed by atoms with Crippen LogP contribution >= 0.6 is 0 Å². The molecule has 0 heterocycles. The fourth-order valence-corrected chi connectivity index (χ4v) is 1.10. The van der Waals surface area contributed by atoms with Gasteiger partial charge in [0, 0.05) is 5.41 Å². The van der Waals surface area contributed by atoms with E-state index in [9.17, 15) is 0 Å². The highest BCUT2D eigenvalue weighted by Crippen LogP contribution is 2.19. The lowest BCUT2D eigenvalue weighted by molar-refractivity contribution is 0.291. The number of rotatable bonds is 6. The first-order valence-corrected chi connectivity index (χ1v) is 4.93. The summed E-state index contributed by atoms with van der Waals surface area (Å²) in [5.41, 5.74) is 5.34. The predicted octanol–water partition coefficient (Wildman–Crippen LogP) is 1.68. The Morgan fingerprint density at radius 2 is 1.92 bits per heavy atom. The molecule has 78 valence electrons. The van der Waals surface area contributed by atoms with E-state index < -0.39 is 0 Å². The molecule has 0 aliphatic carbocycles. The van der Waals surface area contributed by atoms with E-state index in [2.05, 4.69) is 18.9 Å². The van der Waals surface area contributed by atoms with Crippen molar-refractivity contribution in [2.75, 3.05) is 20.1 Å². The number of nitrogens with one attached hydrogen (secondary N) is 1. The maximum absolute atomic E-state index is 7.40. The molecule has 0 saturated heterocycles.